The molecule has 0 heterocycles. The van der Waals surface area contributed by atoms with E-state index in [4.69, 9.17) is 0 Å². The van der Waals surface area contributed by atoms with E-state index in [1.807, 2.05) is 6.92 Å². The van der Waals surface area contributed by atoms with Crippen LogP contribution in [-0.2, 0) is 14.6 Å². The van der Waals surface area contributed by atoms with Crippen LogP contribution in [0.15, 0.2) is 35.2 Å². The number of benzene rings is 1. The zero-order valence-corrected chi connectivity index (χ0v) is 11.2. The molecule has 0 N–H and O–H groups in total. The summed E-state index contributed by atoms with van der Waals surface area (Å²) in [5.74, 6) is -0.0832. The largest absolute Gasteiger partial charge is 0.298 e. The molecular weight excluding hydrogens is 248 g/mol. The number of ketones is 1. The van der Waals surface area contributed by atoms with E-state index in [1.165, 1.54) is 0 Å². The molecule has 3 nitrogen and oxygen atoms in total. The van der Waals surface area contributed by atoms with Crippen molar-refractivity contribution in [2.75, 3.05) is 0 Å². The third-order valence-corrected chi connectivity index (χ3v) is 7.26. The normalized spacial score (nSPS) is 35.1. The van der Waals surface area contributed by atoms with Crippen LogP contribution in [0.3, 0.4) is 0 Å². The molecule has 0 unspecified atom stereocenters. The van der Waals surface area contributed by atoms with Gasteiger partial charge >= 0.3 is 0 Å². The number of sulfone groups is 1. The Morgan fingerprint density at radius 1 is 1.17 bits per heavy atom. The van der Waals surface area contributed by atoms with Gasteiger partial charge in [-0.15, -0.1) is 0 Å². The van der Waals surface area contributed by atoms with Crippen molar-refractivity contribution in [2.24, 2.45) is 5.41 Å². The van der Waals surface area contributed by atoms with Crippen LogP contribution in [0.4, 0.5) is 0 Å². The Balaban J connectivity index is 2.13. The maximum atomic E-state index is 12.7. The molecule has 0 spiro atoms. The lowest BCUT2D eigenvalue weighted by molar-refractivity contribution is -0.121. The molecule has 1 aromatic carbocycles. The molecule has 4 heteroatoms. The summed E-state index contributed by atoms with van der Waals surface area (Å²) in [6.45, 7) is 1.94. The minimum absolute atomic E-state index is 0.0832. The fraction of sp³-hybridized carbons (Fsp3) is 0.500. The molecule has 3 rings (SSSR count). The highest BCUT2D eigenvalue weighted by molar-refractivity contribution is 7.94. The summed E-state index contributed by atoms with van der Waals surface area (Å²) >= 11 is 0. The highest BCUT2D eigenvalue weighted by Gasteiger charge is 2.76. The Bertz CT molecular complexity index is 605. The smallest absolute Gasteiger partial charge is 0.191 e. The number of carbonyl (C=O) groups is 1. The second-order valence-corrected chi connectivity index (χ2v) is 7.83. The highest BCUT2D eigenvalue weighted by atomic mass is 32.2. The van der Waals surface area contributed by atoms with E-state index >= 15 is 0 Å². The molecule has 0 amide bonds. The van der Waals surface area contributed by atoms with Crippen molar-refractivity contribution in [1.29, 1.82) is 0 Å². The summed E-state index contributed by atoms with van der Waals surface area (Å²) in [6, 6.07) is 8.37. The number of Topliss-reactive ketones (excluding diaryl/α,β-unsaturated/α-hetero) is 1. The zero-order valence-electron chi connectivity index (χ0n) is 10.3. The van der Waals surface area contributed by atoms with E-state index in [1.54, 1.807) is 30.3 Å². The van der Waals surface area contributed by atoms with Crippen LogP contribution in [0.25, 0.3) is 0 Å². The lowest BCUT2D eigenvalue weighted by Gasteiger charge is -2.26. The standard InChI is InChI=1S/C14H16O3S/c1-13-9-5-8-12(15)14(13,10-13)18(16,17)11-6-3-2-4-7-11/h2-4,6-7H,5,8-10H2,1H3/t13-,14+/m1/s1. The summed E-state index contributed by atoms with van der Waals surface area (Å²) in [6.07, 6.45) is 2.56. The Morgan fingerprint density at radius 2 is 1.83 bits per heavy atom. The van der Waals surface area contributed by atoms with Crippen LogP contribution in [0.1, 0.15) is 32.6 Å². The van der Waals surface area contributed by atoms with Gasteiger partial charge in [0.25, 0.3) is 0 Å². The summed E-state index contributed by atoms with van der Waals surface area (Å²) in [5.41, 5.74) is -0.336. The van der Waals surface area contributed by atoms with Gasteiger partial charge in [0, 0.05) is 6.42 Å². The van der Waals surface area contributed by atoms with Crippen molar-refractivity contribution < 1.29 is 13.2 Å². The van der Waals surface area contributed by atoms with Gasteiger partial charge in [-0.25, -0.2) is 8.42 Å². The summed E-state index contributed by atoms with van der Waals surface area (Å²) in [4.78, 5) is 12.5. The van der Waals surface area contributed by atoms with Crippen LogP contribution in [0, 0.1) is 5.41 Å². The molecule has 2 aliphatic carbocycles. The number of hydrogen-bond acceptors (Lipinski definition) is 3. The van der Waals surface area contributed by atoms with Crippen molar-refractivity contribution in [2.45, 2.75) is 42.2 Å². The molecule has 18 heavy (non-hydrogen) atoms. The Morgan fingerprint density at radius 3 is 2.44 bits per heavy atom. The molecule has 2 saturated carbocycles. The second kappa shape index (κ2) is 3.44. The first kappa shape index (κ1) is 11.9. The monoisotopic (exact) mass is 264 g/mol. The molecule has 0 aliphatic heterocycles. The van der Waals surface area contributed by atoms with Crippen molar-refractivity contribution in [3.05, 3.63) is 30.3 Å². The van der Waals surface area contributed by atoms with Crippen molar-refractivity contribution in [3.63, 3.8) is 0 Å². The molecule has 1 aromatic rings. The van der Waals surface area contributed by atoms with Crippen molar-refractivity contribution in [1.82, 2.24) is 0 Å². The van der Waals surface area contributed by atoms with Gasteiger partial charge in [0.15, 0.2) is 15.6 Å². The van der Waals surface area contributed by atoms with Gasteiger partial charge in [-0.1, -0.05) is 25.1 Å². The molecule has 96 valence electrons. The Hall–Kier alpha value is -1.16. The molecule has 0 radical (unpaired) electrons. The molecule has 2 aliphatic rings. The lowest BCUT2D eigenvalue weighted by atomic mass is 9.89. The average Bonchev–Trinajstić information content (AvgIpc) is 3.00. The van der Waals surface area contributed by atoms with Gasteiger partial charge in [-0.05, 0) is 36.8 Å². The van der Waals surface area contributed by atoms with Crippen molar-refractivity contribution in [3.8, 4) is 0 Å². The minimum atomic E-state index is -3.54. The van der Waals surface area contributed by atoms with Gasteiger partial charge in [-0.2, -0.15) is 0 Å². The third kappa shape index (κ3) is 1.24. The fourth-order valence-corrected chi connectivity index (χ4v) is 6.02. The van der Waals surface area contributed by atoms with E-state index in [2.05, 4.69) is 0 Å². The first-order chi connectivity index (χ1) is 8.44. The van der Waals surface area contributed by atoms with E-state index in [0.29, 0.717) is 12.8 Å². The molecule has 2 atom stereocenters. The zero-order chi connectivity index (χ0) is 13.0. The summed E-state index contributed by atoms with van der Waals surface area (Å²) in [7, 11) is -3.54. The number of rotatable bonds is 2. The SMILES string of the molecule is C[C@]12CCCC(=O)[C@@]1(S(=O)(=O)c1ccccc1)C2. The molecule has 0 saturated heterocycles. The summed E-state index contributed by atoms with van der Waals surface area (Å²) in [5, 5.41) is 0. The fourth-order valence-electron chi connectivity index (χ4n) is 3.44. The highest BCUT2D eigenvalue weighted by Crippen LogP contribution is 2.68. The molecule has 2 fully saturated rings. The van der Waals surface area contributed by atoms with Crippen LogP contribution in [0.2, 0.25) is 0 Å². The maximum Gasteiger partial charge on any atom is 0.191 e. The molecular formula is C14H16O3S. The number of carbonyl (C=O) groups excluding carboxylic acids is 1. The number of hydrogen-bond donors (Lipinski definition) is 0. The van der Waals surface area contributed by atoms with Crippen molar-refractivity contribution >= 4 is 15.6 Å². The average molecular weight is 264 g/mol. The van der Waals surface area contributed by atoms with Gasteiger partial charge in [-0.3, -0.25) is 4.79 Å². The Labute approximate surface area is 107 Å². The van der Waals surface area contributed by atoms with Crippen LogP contribution < -0.4 is 0 Å². The van der Waals surface area contributed by atoms with E-state index in [-0.39, 0.29) is 16.1 Å². The third-order valence-electron chi connectivity index (χ3n) is 4.58. The van der Waals surface area contributed by atoms with Gasteiger partial charge in [0.1, 0.15) is 4.75 Å². The van der Waals surface area contributed by atoms with Crippen LogP contribution >= 0.6 is 0 Å². The second-order valence-electron chi connectivity index (χ2n) is 5.66. The topological polar surface area (TPSA) is 51.2 Å². The maximum absolute atomic E-state index is 12.7. The van der Waals surface area contributed by atoms with Gasteiger partial charge < -0.3 is 0 Å². The predicted molar refractivity (Wildman–Crippen MR) is 67.9 cm³/mol. The molecule has 0 bridgehead atoms. The van der Waals surface area contributed by atoms with Crippen LogP contribution in [-0.4, -0.2) is 18.9 Å². The first-order valence-electron chi connectivity index (χ1n) is 6.27. The predicted octanol–water partition coefficient (Wildman–Crippen LogP) is 2.36. The van der Waals surface area contributed by atoms with E-state index in [0.717, 1.165) is 12.8 Å². The van der Waals surface area contributed by atoms with Crippen LogP contribution in [0.5, 0.6) is 0 Å². The summed E-state index contributed by atoms with van der Waals surface area (Å²) < 4.78 is 24.4. The van der Waals surface area contributed by atoms with Gasteiger partial charge in [0.05, 0.1) is 4.90 Å². The molecule has 0 aromatic heterocycles. The Kier molecular flexibility index (Phi) is 2.28. The number of fused-ring (bicyclic) bond motifs is 1. The van der Waals surface area contributed by atoms with Gasteiger partial charge in [0.2, 0.25) is 0 Å². The first-order valence-corrected chi connectivity index (χ1v) is 7.75. The quantitative estimate of drug-likeness (QED) is 0.824. The minimum Gasteiger partial charge on any atom is -0.298 e. The lowest BCUT2D eigenvalue weighted by Crippen LogP contribution is -2.40. The van der Waals surface area contributed by atoms with E-state index in [9.17, 15) is 13.2 Å². The van der Waals surface area contributed by atoms with E-state index < -0.39 is 14.6 Å².